The molecular weight excluding hydrogens is 380 g/mol. The first-order chi connectivity index (χ1) is 13.6. The van der Waals surface area contributed by atoms with E-state index in [1.165, 1.54) is 0 Å². The van der Waals surface area contributed by atoms with Crippen molar-refractivity contribution in [1.29, 1.82) is 0 Å². The molecule has 2 unspecified atom stereocenters. The third kappa shape index (κ3) is 5.36. The molecule has 1 aromatic carbocycles. The van der Waals surface area contributed by atoms with Gasteiger partial charge in [-0.25, -0.2) is 0 Å². The van der Waals surface area contributed by atoms with Crippen molar-refractivity contribution in [1.82, 2.24) is 20.8 Å². The Morgan fingerprint density at radius 2 is 2.36 bits per heavy atom. The van der Waals surface area contributed by atoms with Crippen molar-refractivity contribution in [3.63, 3.8) is 0 Å². The molecule has 1 aromatic heterocycles. The van der Waals surface area contributed by atoms with Gasteiger partial charge in [0.1, 0.15) is 6.10 Å². The van der Waals surface area contributed by atoms with Gasteiger partial charge in [-0.05, 0) is 38.5 Å². The van der Waals surface area contributed by atoms with Crippen molar-refractivity contribution >= 4 is 23.2 Å². The van der Waals surface area contributed by atoms with Crippen LogP contribution in [0.15, 0.2) is 33.8 Å². The highest BCUT2D eigenvalue weighted by Crippen LogP contribution is 2.23. The third-order valence-electron chi connectivity index (χ3n) is 4.60. The van der Waals surface area contributed by atoms with Crippen LogP contribution in [0.5, 0.6) is 0 Å². The maximum absolute atomic E-state index is 6.11. The van der Waals surface area contributed by atoms with Crippen molar-refractivity contribution in [3.8, 4) is 0 Å². The Morgan fingerprint density at radius 1 is 1.50 bits per heavy atom. The summed E-state index contributed by atoms with van der Waals surface area (Å²) in [5.74, 6) is 1.75. The highest BCUT2D eigenvalue weighted by molar-refractivity contribution is 6.30. The minimum Gasteiger partial charge on any atom is -0.371 e. The summed E-state index contributed by atoms with van der Waals surface area (Å²) in [4.78, 5) is 11.0. The minimum atomic E-state index is -0.184. The van der Waals surface area contributed by atoms with E-state index in [1.54, 1.807) is 7.05 Å². The number of nitrogens with zero attached hydrogens (tertiary/aromatic N) is 4. The summed E-state index contributed by atoms with van der Waals surface area (Å²) in [6, 6.07) is 8.23. The molecule has 2 aromatic rings. The third-order valence-corrected chi connectivity index (χ3v) is 4.83. The summed E-state index contributed by atoms with van der Waals surface area (Å²) in [5, 5.41) is 11.4. The Morgan fingerprint density at radius 3 is 3.11 bits per heavy atom. The van der Waals surface area contributed by atoms with Crippen LogP contribution < -0.4 is 15.5 Å². The predicted octanol–water partition coefficient (Wildman–Crippen LogP) is 2.76. The van der Waals surface area contributed by atoms with Crippen LogP contribution in [-0.2, 0) is 11.3 Å². The van der Waals surface area contributed by atoms with Crippen LogP contribution in [0.4, 0.5) is 5.69 Å². The van der Waals surface area contributed by atoms with Gasteiger partial charge in [0.25, 0.3) is 0 Å². The van der Waals surface area contributed by atoms with Gasteiger partial charge in [-0.15, -0.1) is 0 Å². The van der Waals surface area contributed by atoms with Crippen molar-refractivity contribution in [3.05, 3.63) is 41.0 Å². The van der Waals surface area contributed by atoms with Gasteiger partial charge in [0.2, 0.25) is 5.89 Å². The zero-order chi connectivity index (χ0) is 19.9. The van der Waals surface area contributed by atoms with Crippen molar-refractivity contribution < 1.29 is 9.26 Å². The molecule has 9 heteroatoms. The number of ether oxygens (including phenoxy) is 1. The van der Waals surface area contributed by atoms with E-state index in [0.717, 1.165) is 30.2 Å². The lowest BCUT2D eigenvalue weighted by atomic mass is 10.3. The van der Waals surface area contributed by atoms with Crippen LogP contribution in [0.3, 0.4) is 0 Å². The van der Waals surface area contributed by atoms with Gasteiger partial charge < -0.3 is 24.8 Å². The zero-order valence-corrected chi connectivity index (χ0v) is 17.2. The number of benzene rings is 1. The number of hydrogen-bond acceptors (Lipinski definition) is 6. The van der Waals surface area contributed by atoms with E-state index >= 15 is 0 Å². The molecule has 28 heavy (non-hydrogen) atoms. The number of guanidine groups is 1. The fourth-order valence-corrected chi connectivity index (χ4v) is 3.35. The molecule has 1 saturated heterocycles. The summed E-state index contributed by atoms with van der Waals surface area (Å²) in [5.41, 5.74) is 1.14. The molecule has 0 bridgehead atoms. The monoisotopic (exact) mass is 406 g/mol. The fourth-order valence-electron chi connectivity index (χ4n) is 3.16. The number of anilines is 1. The predicted molar refractivity (Wildman–Crippen MR) is 110 cm³/mol. The molecule has 152 valence electrons. The molecule has 0 amide bonds. The van der Waals surface area contributed by atoms with E-state index in [1.807, 2.05) is 32.0 Å². The van der Waals surface area contributed by atoms with Gasteiger partial charge >= 0.3 is 0 Å². The lowest BCUT2D eigenvalue weighted by molar-refractivity contribution is 0.0683. The average Bonchev–Trinajstić information content (AvgIpc) is 3.35. The molecule has 2 N–H and O–H groups in total. The van der Waals surface area contributed by atoms with E-state index in [9.17, 15) is 0 Å². The van der Waals surface area contributed by atoms with Crippen LogP contribution in [0.1, 0.15) is 38.1 Å². The molecule has 1 fully saturated rings. The standard InChI is InChI=1S/C19H27ClN6O2/c1-4-27-13(2)18-24-17(28-25-18)11-22-19(21-3)23-15-8-9-26(12-15)16-7-5-6-14(20)10-16/h5-7,10,13,15H,4,8-9,11-12H2,1-3H3,(H2,21,22,23). The molecule has 0 spiro atoms. The van der Waals surface area contributed by atoms with Gasteiger partial charge in [0, 0.05) is 43.5 Å². The van der Waals surface area contributed by atoms with Crippen molar-refractivity contribution in [2.45, 2.75) is 39.0 Å². The largest absolute Gasteiger partial charge is 0.371 e. The minimum absolute atomic E-state index is 0.184. The second kappa shape index (κ2) is 9.75. The van der Waals surface area contributed by atoms with Crippen molar-refractivity contribution in [2.75, 3.05) is 31.6 Å². The topological polar surface area (TPSA) is 87.8 Å². The molecule has 0 radical (unpaired) electrons. The first-order valence-corrected chi connectivity index (χ1v) is 9.88. The van der Waals surface area contributed by atoms with E-state index < -0.39 is 0 Å². The number of halogens is 1. The summed E-state index contributed by atoms with van der Waals surface area (Å²) in [6.07, 6.45) is 0.833. The summed E-state index contributed by atoms with van der Waals surface area (Å²) < 4.78 is 10.8. The molecule has 0 aliphatic carbocycles. The summed E-state index contributed by atoms with van der Waals surface area (Å²) >= 11 is 6.11. The zero-order valence-electron chi connectivity index (χ0n) is 16.5. The highest BCUT2D eigenvalue weighted by atomic mass is 35.5. The van der Waals surface area contributed by atoms with Gasteiger partial charge in [-0.3, -0.25) is 4.99 Å². The maximum atomic E-state index is 6.11. The lowest BCUT2D eigenvalue weighted by Gasteiger charge is -2.20. The molecule has 2 atom stereocenters. The number of aliphatic imine (C=N–C) groups is 1. The Labute approximate surface area is 170 Å². The fraction of sp³-hybridized carbons (Fsp3) is 0.526. The summed E-state index contributed by atoms with van der Waals surface area (Å²) in [7, 11) is 1.75. The highest BCUT2D eigenvalue weighted by Gasteiger charge is 2.23. The van der Waals surface area contributed by atoms with Gasteiger partial charge in [0.05, 0.1) is 6.54 Å². The second-order valence-corrected chi connectivity index (χ2v) is 7.06. The number of nitrogens with one attached hydrogen (secondary N) is 2. The second-order valence-electron chi connectivity index (χ2n) is 6.63. The van der Waals surface area contributed by atoms with E-state index in [-0.39, 0.29) is 6.10 Å². The summed E-state index contributed by atoms with van der Waals surface area (Å²) in [6.45, 7) is 6.70. The molecule has 8 nitrogen and oxygen atoms in total. The Bertz CT molecular complexity index is 796. The van der Waals surface area contributed by atoms with Gasteiger partial charge in [0.15, 0.2) is 11.8 Å². The Hall–Kier alpha value is -2.32. The molecule has 2 heterocycles. The molecule has 3 rings (SSSR count). The Balaban J connectivity index is 1.49. The van der Waals surface area contributed by atoms with Crippen LogP contribution in [-0.4, -0.2) is 48.9 Å². The first-order valence-electron chi connectivity index (χ1n) is 9.50. The van der Waals surface area contributed by atoms with Crippen LogP contribution >= 0.6 is 11.6 Å². The molecule has 1 aliphatic rings. The molecule has 0 saturated carbocycles. The smallest absolute Gasteiger partial charge is 0.246 e. The SMILES string of the molecule is CCOC(C)c1noc(CNC(=NC)NC2CCN(c3cccc(Cl)c3)C2)n1. The quantitative estimate of drug-likeness (QED) is 0.540. The number of rotatable bonds is 7. The van der Waals surface area contributed by atoms with Gasteiger partial charge in [-0.2, -0.15) is 4.98 Å². The number of aromatic nitrogens is 2. The molecule has 1 aliphatic heterocycles. The van der Waals surface area contributed by atoms with Crippen LogP contribution in [0.25, 0.3) is 0 Å². The normalized spacial score (nSPS) is 18.4. The van der Waals surface area contributed by atoms with E-state index in [2.05, 4.69) is 36.7 Å². The van der Waals surface area contributed by atoms with E-state index in [4.69, 9.17) is 20.9 Å². The average molecular weight is 407 g/mol. The maximum Gasteiger partial charge on any atom is 0.246 e. The van der Waals surface area contributed by atoms with Crippen LogP contribution in [0, 0.1) is 0 Å². The van der Waals surface area contributed by atoms with Crippen molar-refractivity contribution in [2.24, 2.45) is 4.99 Å². The van der Waals surface area contributed by atoms with Gasteiger partial charge in [-0.1, -0.05) is 22.8 Å². The van der Waals surface area contributed by atoms with E-state index in [0.29, 0.717) is 36.9 Å². The Kier molecular flexibility index (Phi) is 7.11. The lowest BCUT2D eigenvalue weighted by Crippen LogP contribution is -2.44. The molecular formula is C19H27ClN6O2. The van der Waals surface area contributed by atoms with Crippen LogP contribution in [0.2, 0.25) is 5.02 Å². The first kappa shape index (κ1) is 20.4. The number of hydrogen-bond donors (Lipinski definition) is 2.